The monoisotopic (exact) mass is 238 g/mol. The molecule has 4 heteroatoms. The molecule has 0 spiro atoms. The number of imidazole rings is 1. The van der Waals surface area contributed by atoms with Gasteiger partial charge in [0.05, 0.1) is 12.0 Å². The molecule has 1 aromatic heterocycles. The number of aromatic nitrogens is 2. The normalized spacial score (nSPS) is 13.2. The van der Waals surface area contributed by atoms with Gasteiger partial charge in [-0.15, -0.1) is 0 Å². The van der Waals surface area contributed by atoms with Crippen LogP contribution in [0.2, 0.25) is 0 Å². The van der Waals surface area contributed by atoms with Crippen LogP contribution in [0, 0.1) is 5.92 Å². The molecule has 1 rings (SSSR count). The van der Waals surface area contributed by atoms with Gasteiger partial charge in [0.15, 0.2) is 0 Å². The molecule has 0 amide bonds. The fraction of sp³-hybridized carbons (Fsp3) is 0.769. The predicted octanol–water partition coefficient (Wildman–Crippen LogP) is 1.71. The summed E-state index contributed by atoms with van der Waals surface area (Å²) in [5, 5.41) is 0. The summed E-state index contributed by atoms with van der Waals surface area (Å²) in [5.41, 5.74) is 6.66. The van der Waals surface area contributed by atoms with Gasteiger partial charge in [-0.25, -0.2) is 4.98 Å². The third-order valence-corrected chi connectivity index (χ3v) is 3.17. The first-order valence-electron chi connectivity index (χ1n) is 6.62. The largest absolute Gasteiger partial charge is 0.336 e. The molecule has 1 aromatic rings. The van der Waals surface area contributed by atoms with Gasteiger partial charge in [0, 0.05) is 32.4 Å². The highest BCUT2D eigenvalue weighted by atomic mass is 15.1. The minimum Gasteiger partial charge on any atom is -0.336 e. The first kappa shape index (κ1) is 14.2. The second-order valence-corrected chi connectivity index (χ2v) is 4.73. The van der Waals surface area contributed by atoms with Crippen molar-refractivity contribution in [2.75, 3.05) is 19.6 Å². The van der Waals surface area contributed by atoms with Gasteiger partial charge in [0.2, 0.25) is 0 Å². The Morgan fingerprint density at radius 1 is 1.47 bits per heavy atom. The zero-order chi connectivity index (χ0) is 12.7. The van der Waals surface area contributed by atoms with Crippen LogP contribution in [0.1, 0.15) is 32.9 Å². The molecule has 0 saturated carbocycles. The van der Waals surface area contributed by atoms with Gasteiger partial charge < -0.3 is 10.3 Å². The van der Waals surface area contributed by atoms with Crippen LogP contribution in [-0.4, -0.2) is 34.1 Å². The minimum atomic E-state index is 0.667. The van der Waals surface area contributed by atoms with Gasteiger partial charge >= 0.3 is 0 Å². The highest BCUT2D eigenvalue weighted by molar-refractivity contribution is 4.96. The van der Waals surface area contributed by atoms with E-state index in [9.17, 15) is 0 Å². The zero-order valence-corrected chi connectivity index (χ0v) is 11.4. The molecule has 0 aliphatic carbocycles. The van der Waals surface area contributed by atoms with Crippen molar-refractivity contribution in [3.63, 3.8) is 0 Å². The maximum Gasteiger partial charge on any atom is 0.0950 e. The third-order valence-electron chi connectivity index (χ3n) is 3.17. The fourth-order valence-electron chi connectivity index (χ4n) is 1.86. The van der Waals surface area contributed by atoms with Crippen molar-refractivity contribution >= 4 is 0 Å². The summed E-state index contributed by atoms with van der Waals surface area (Å²) in [7, 11) is 0. The van der Waals surface area contributed by atoms with Gasteiger partial charge in [-0.2, -0.15) is 0 Å². The van der Waals surface area contributed by atoms with Crippen molar-refractivity contribution in [1.82, 2.24) is 14.5 Å². The van der Waals surface area contributed by atoms with Crippen LogP contribution in [0.15, 0.2) is 12.5 Å². The van der Waals surface area contributed by atoms with Crippen LogP contribution in [0.4, 0.5) is 0 Å². The molecule has 0 aliphatic rings. The second-order valence-electron chi connectivity index (χ2n) is 4.73. The number of hydrogen-bond acceptors (Lipinski definition) is 3. The lowest BCUT2D eigenvalue weighted by molar-refractivity contribution is 0.236. The number of nitrogens with zero attached hydrogens (tertiary/aromatic N) is 3. The third kappa shape index (κ3) is 4.88. The molecule has 1 unspecified atom stereocenters. The van der Waals surface area contributed by atoms with E-state index in [-0.39, 0.29) is 0 Å². The van der Waals surface area contributed by atoms with Crippen LogP contribution in [-0.2, 0) is 13.1 Å². The summed E-state index contributed by atoms with van der Waals surface area (Å²) in [6.45, 7) is 11.4. The Bertz CT molecular complexity index is 308. The molecule has 17 heavy (non-hydrogen) atoms. The lowest BCUT2D eigenvalue weighted by Crippen LogP contribution is -2.28. The van der Waals surface area contributed by atoms with Crippen molar-refractivity contribution in [1.29, 1.82) is 0 Å². The van der Waals surface area contributed by atoms with E-state index in [4.69, 9.17) is 5.73 Å². The molecule has 0 radical (unpaired) electrons. The summed E-state index contributed by atoms with van der Waals surface area (Å²) in [5.74, 6) is 0.751. The van der Waals surface area contributed by atoms with Crippen molar-refractivity contribution in [2.45, 2.75) is 40.3 Å². The lowest BCUT2D eigenvalue weighted by atomic mass is 10.1. The van der Waals surface area contributed by atoms with E-state index in [1.807, 2.05) is 6.33 Å². The summed E-state index contributed by atoms with van der Waals surface area (Å²) in [6, 6.07) is 0. The predicted molar refractivity (Wildman–Crippen MR) is 71.7 cm³/mol. The lowest BCUT2D eigenvalue weighted by Gasteiger charge is -2.22. The average molecular weight is 238 g/mol. The SMILES string of the molecule is CCC(C)CN(CC)Cc1cn(CCN)cn1. The Kier molecular flexibility index (Phi) is 6.22. The average Bonchev–Trinajstić information content (AvgIpc) is 2.76. The number of nitrogens with two attached hydrogens (primary N) is 1. The van der Waals surface area contributed by atoms with Gasteiger partial charge in [-0.05, 0) is 12.5 Å². The molecular weight excluding hydrogens is 212 g/mol. The van der Waals surface area contributed by atoms with Crippen LogP contribution in [0.5, 0.6) is 0 Å². The first-order valence-corrected chi connectivity index (χ1v) is 6.62. The van der Waals surface area contributed by atoms with E-state index >= 15 is 0 Å². The van der Waals surface area contributed by atoms with Gasteiger partial charge in [0.1, 0.15) is 0 Å². The topological polar surface area (TPSA) is 47.1 Å². The van der Waals surface area contributed by atoms with Crippen LogP contribution in [0.25, 0.3) is 0 Å². The number of rotatable bonds is 8. The second kappa shape index (κ2) is 7.45. The Labute approximate surface area is 105 Å². The summed E-state index contributed by atoms with van der Waals surface area (Å²) in [6.07, 6.45) is 5.21. The van der Waals surface area contributed by atoms with Gasteiger partial charge in [-0.3, -0.25) is 4.90 Å². The Morgan fingerprint density at radius 2 is 2.24 bits per heavy atom. The quantitative estimate of drug-likeness (QED) is 0.750. The highest BCUT2D eigenvalue weighted by Gasteiger charge is 2.09. The smallest absolute Gasteiger partial charge is 0.0950 e. The first-order chi connectivity index (χ1) is 8.19. The Hall–Kier alpha value is -0.870. The molecule has 2 N–H and O–H groups in total. The summed E-state index contributed by atoms with van der Waals surface area (Å²) >= 11 is 0. The van der Waals surface area contributed by atoms with Crippen LogP contribution >= 0.6 is 0 Å². The summed E-state index contributed by atoms with van der Waals surface area (Å²) in [4.78, 5) is 6.87. The van der Waals surface area contributed by atoms with E-state index in [0.29, 0.717) is 6.54 Å². The van der Waals surface area contributed by atoms with E-state index in [2.05, 4.69) is 41.4 Å². The van der Waals surface area contributed by atoms with Crippen molar-refractivity contribution in [3.8, 4) is 0 Å². The standard InChI is InChI=1S/C13H26N4/c1-4-12(3)8-16(5-2)9-13-10-17(7-6-14)11-15-13/h10-12H,4-9,14H2,1-3H3. The van der Waals surface area contributed by atoms with Crippen molar-refractivity contribution in [2.24, 2.45) is 11.7 Å². The molecule has 0 bridgehead atoms. The van der Waals surface area contributed by atoms with Gasteiger partial charge in [0.25, 0.3) is 0 Å². The van der Waals surface area contributed by atoms with Crippen LogP contribution < -0.4 is 5.73 Å². The van der Waals surface area contributed by atoms with Crippen LogP contribution in [0.3, 0.4) is 0 Å². The maximum atomic E-state index is 5.52. The number of hydrogen-bond donors (Lipinski definition) is 1. The summed E-state index contributed by atoms with van der Waals surface area (Å²) < 4.78 is 2.06. The molecule has 0 aliphatic heterocycles. The molecule has 4 nitrogen and oxygen atoms in total. The fourth-order valence-corrected chi connectivity index (χ4v) is 1.86. The molecule has 1 heterocycles. The highest BCUT2D eigenvalue weighted by Crippen LogP contribution is 2.08. The van der Waals surface area contributed by atoms with E-state index in [1.165, 1.54) is 6.42 Å². The molecule has 0 aromatic carbocycles. The zero-order valence-electron chi connectivity index (χ0n) is 11.4. The Morgan fingerprint density at radius 3 is 2.82 bits per heavy atom. The molecular formula is C13H26N4. The van der Waals surface area contributed by atoms with Crippen molar-refractivity contribution < 1.29 is 0 Å². The molecule has 98 valence electrons. The van der Waals surface area contributed by atoms with E-state index < -0.39 is 0 Å². The van der Waals surface area contributed by atoms with Gasteiger partial charge in [-0.1, -0.05) is 27.2 Å². The maximum absolute atomic E-state index is 5.52. The van der Waals surface area contributed by atoms with Crippen molar-refractivity contribution in [3.05, 3.63) is 18.2 Å². The molecule has 0 fully saturated rings. The Balaban J connectivity index is 2.48. The van der Waals surface area contributed by atoms with E-state index in [1.54, 1.807) is 0 Å². The molecule has 0 saturated heterocycles. The van der Waals surface area contributed by atoms with E-state index in [0.717, 1.165) is 37.8 Å². The molecule has 1 atom stereocenters. The minimum absolute atomic E-state index is 0.667.